The van der Waals surface area contributed by atoms with Gasteiger partial charge in [-0.05, 0) is 25.0 Å². The van der Waals surface area contributed by atoms with Crippen molar-refractivity contribution in [1.29, 1.82) is 0 Å². The van der Waals surface area contributed by atoms with Crippen molar-refractivity contribution < 1.29 is 18.3 Å². The Hall–Kier alpha value is -2.20. The Kier molecular flexibility index (Phi) is 7.07. The maximum absolute atomic E-state index is 13.4. The minimum Gasteiger partial charge on any atom is -0.378 e. The Morgan fingerprint density at radius 1 is 1.21 bits per heavy atom. The summed E-state index contributed by atoms with van der Waals surface area (Å²) < 4.78 is 33.9. The molecule has 1 fully saturated rings. The second kappa shape index (κ2) is 9.53. The Morgan fingerprint density at radius 2 is 1.93 bits per heavy atom. The summed E-state index contributed by atoms with van der Waals surface area (Å²) >= 11 is 1.28. The normalized spacial score (nSPS) is 15.6. The van der Waals surface area contributed by atoms with Crippen molar-refractivity contribution in [3.8, 4) is 0 Å². The number of benzene rings is 1. The summed E-state index contributed by atoms with van der Waals surface area (Å²) in [6.45, 7) is 9.45. The van der Waals surface area contributed by atoms with Crippen LogP contribution >= 0.6 is 11.8 Å². The molecule has 29 heavy (non-hydrogen) atoms. The summed E-state index contributed by atoms with van der Waals surface area (Å²) in [6.07, 6.45) is 0. The van der Waals surface area contributed by atoms with Gasteiger partial charge in [-0.2, -0.15) is 0 Å². The van der Waals surface area contributed by atoms with Gasteiger partial charge in [-0.25, -0.2) is 8.78 Å². The molecular formula is C19H25F2N5O2S. The average molecular weight is 426 g/mol. The Labute approximate surface area is 172 Å². The first kappa shape index (κ1) is 21.5. The number of ether oxygens (including phenoxy) is 1. The first-order valence-electron chi connectivity index (χ1n) is 9.53. The van der Waals surface area contributed by atoms with Crippen molar-refractivity contribution in [3.05, 3.63) is 29.8 Å². The van der Waals surface area contributed by atoms with Crippen LogP contribution in [-0.4, -0.2) is 52.2 Å². The molecule has 1 amide bonds. The second-order valence-corrected chi connectivity index (χ2v) is 8.57. The Morgan fingerprint density at radius 3 is 2.59 bits per heavy atom. The molecule has 3 rings (SSSR count). The van der Waals surface area contributed by atoms with Crippen LogP contribution in [-0.2, 0) is 16.1 Å². The lowest BCUT2D eigenvalue weighted by Gasteiger charge is -2.28. The number of nitrogens with one attached hydrogen (secondary N) is 1. The van der Waals surface area contributed by atoms with Crippen LogP contribution in [0.4, 0.5) is 20.4 Å². The van der Waals surface area contributed by atoms with Gasteiger partial charge in [0.05, 0.1) is 18.5 Å². The van der Waals surface area contributed by atoms with Gasteiger partial charge in [0.15, 0.2) is 16.8 Å². The first-order valence-corrected chi connectivity index (χ1v) is 10.4. The van der Waals surface area contributed by atoms with Crippen LogP contribution in [0.15, 0.2) is 23.4 Å². The van der Waals surface area contributed by atoms with Crippen LogP contribution in [0.1, 0.15) is 20.8 Å². The van der Waals surface area contributed by atoms with Crippen molar-refractivity contribution in [2.45, 2.75) is 37.7 Å². The third kappa shape index (κ3) is 5.45. The third-order valence-electron chi connectivity index (χ3n) is 4.38. The van der Waals surface area contributed by atoms with Crippen molar-refractivity contribution in [2.24, 2.45) is 5.92 Å². The van der Waals surface area contributed by atoms with Gasteiger partial charge in [0, 0.05) is 31.4 Å². The third-order valence-corrected chi connectivity index (χ3v) is 5.46. The lowest BCUT2D eigenvalue weighted by atomic mass is 10.2. The number of aromatic nitrogens is 3. The lowest BCUT2D eigenvalue weighted by molar-refractivity contribution is -0.115. The maximum atomic E-state index is 13.4. The number of thioether (sulfide) groups is 1. The van der Waals surface area contributed by atoms with Gasteiger partial charge >= 0.3 is 0 Å². The van der Waals surface area contributed by atoms with Crippen molar-refractivity contribution in [3.63, 3.8) is 0 Å². The largest absolute Gasteiger partial charge is 0.378 e. The SMILES string of the molecule is CC(C)Cn1c(SC(C)C(=O)Nc2ccc(F)c(F)c2)nnc1N1CCOCC1. The second-order valence-electron chi connectivity index (χ2n) is 7.26. The van der Waals surface area contributed by atoms with E-state index in [1.807, 2.05) is 4.57 Å². The van der Waals surface area contributed by atoms with Crippen molar-refractivity contribution >= 4 is 29.3 Å². The monoisotopic (exact) mass is 425 g/mol. The van der Waals surface area contributed by atoms with Gasteiger partial charge in [0.2, 0.25) is 11.9 Å². The van der Waals surface area contributed by atoms with E-state index in [1.54, 1.807) is 6.92 Å². The van der Waals surface area contributed by atoms with Crippen LogP contribution in [0.25, 0.3) is 0 Å². The fraction of sp³-hybridized carbons (Fsp3) is 0.526. The number of hydrogen-bond donors (Lipinski definition) is 1. The number of halogens is 2. The minimum atomic E-state index is -1.00. The van der Waals surface area contributed by atoms with Crippen LogP contribution in [0, 0.1) is 17.6 Å². The molecule has 1 aromatic heterocycles. The summed E-state index contributed by atoms with van der Waals surface area (Å²) in [5.74, 6) is -1.14. The predicted octanol–water partition coefficient (Wildman–Crippen LogP) is 3.17. The van der Waals surface area contributed by atoms with Gasteiger partial charge in [0.25, 0.3) is 0 Å². The fourth-order valence-corrected chi connectivity index (χ4v) is 3.77. The van der Waals surface area contributed by atoms with Gasteiger partial charge in [-0.15, -0.1) is 10.2 Å². The number of carbonyl (C=O) groups excluding carboxylic acids is 1. The van der Waals surface area contributed by atoms with E-state index in [-0.39, 0.29) is 11.6 Å². The van der Waals surface area contributed by atoms with Crippen LogP contribution in [0.5, 0.6) is 0 Å². The molecule has 1 aliphatic rings. The molecule has 10 heteroatoms. The fourth-order valence-electron chi connectivity index (χ4n) is 2.92. The van der Waals surface area contributed by atoms with Crippen LogP contribution < -0.4 is 10.2 Å². The predicted molar refractivity (Wildman–Crippen MR) is 108 cm³/mol. The number of amides is 1. The topological polar surface area (TPSA) is 72.3 Å². The molecule has 0 saturated carbocycles. The molecule has 0 bridgehead atoms. The van der Waals surface area contributed by atoms with E-state index >= 15 is 0 Å². The molecule has 1 aliphatic heterocycles. The Balaban J connectivity index is 1.72. The molecule has 0 spiro atoms. The molecule has 1 saturated heterocycles. The summed E-state index contributed by atoms with van der Waals surface area (Å²) in [6, 6.07) is 3.27. The van der Waals surface area contributed by atoms with E-state index in [4.69, 9.17) is 4.74 Å². The molecule has 158 valence electrons. The molecule has 1 N–H and O–H groups in total. The summed E-state index contributed by atoms with van der Waals surface area (Å²) in [7, 11) is 0. The molecule has 0 aliphatic carbocycles. The van der Waals surface area contributed by atoms with Gasteiger partial charge < -0.3 is 15.0 Å². The number of carbonyl (C=O) groups is 1. The number of anilines is 2. The van der Waals surface area contributed by atoms with E-state index in [9.17, 15) is 13.6 Å². The molecule has 1 unspecified atom stereocenters. The zero-order valence-corrected chi connectivity index (χ0v) is 17.5. The molecular weight excluding hydrogens is 400 g/mol. The zero-order valence-electron chi connectivity index (χ0n) is 16.7. The number of hydrogen-bond acceptors (Lipinski definition) is 6. The van der Waals surface area contributed by atoms with Crippen LogP contribution in [0.2, 0.25) is 0 Å². The average Bonchev–Trinajstić information content (AvgIpc) is 3.07. The minimum absolute atomic E-state index is 0.207. The van der Waals surface area contributed by atoms with Crippen LogP contribution in [0.3, 0.4) is 0 Å². The maximum Gasteiger partial charge on any atom is 0.237 e. The van der Waals surface area contributed by atoms with E-state index in [2.05, 4.69) is 34.3 Å². The lowest BCUT2D eigenvalue weighted by Crippen LogP contribution is -2.38. The number of morpholine rings is 1. The zero-order chi connectivity index (χ0) is 21.0. The molecule has 2 aromatic rings. The van der Waals surface area contributed by atoms with Crippen molar-refractivity contribution in [2.75, 3.05) is 36.5 Å². The van der Waals surface area contributed by atoms with Gasteiger partial charge in [0.1, 0.15) is 0 Å². The van der Waals surface area contributed by atoms with Gasteiger partial charge in [-0.3, -0.25) is 9.36 Å². The number of nitrogens with zero attached hydrogens (tertiary/aromatic N) is 4. The standard InChI is InChI=1S/C19H25F2N5O2S/c1-12(2)11-26-18(25-6-8-28-9-7-25)23-24-19(26)29-13(3)17(27)22-14-4-5-15(20)16(21)10-14/h4-5,10,12-13H,6-9,11H2,1-3H3,(H,22,27). The summed E-state index contributed by atoms with van der Waals surface area (Å²) in [4.78, 5) is 14.7. The van der Waals surface area contributed by atoms with Gasteiger partial charge in [-0.1, -0.05) is 25.6 Å². The highest BCUT2D eigenvalue weighted by Crippen LogP contribution is 2.28. The molecule has 1 atom stereocenters. The van der Waals surface area contributed by atoms with E-state index in [0.717, 1.165) is 37.7 Å². The smallest absolute Gasteiger partial charge is 0.237 e. The highest BCUT2D eigenvalue weighted by atomic mass is 32.2. The highest BCUT2D eigenvalue weighted by Gasteiger charge is 2.24. The van der Waals surface area contributed by atoms with E-state index < -0.39 is 16.9 Å². The molecule has 7 nitrogen and oxygen atoms in total. The molecule has 2 heterocycles. The van der Waals surface area contributed by atoms with E-state index in [0.29, 0.717) is 24.3 Å². The first-order chi connectivity index (χ1) is 13.8. The molecule has 1 aromatic carbocycles. The summed E-state index contributed by atoms with van der Waals surface area (Å²) in [5, 5.41) is 11.4. The number of rotatable bonds is 7. The molecule has 0 radical (unpaired) electrons. The van der Waals surface area contributed by atoms with E-state index in [1.165, 1.54) is 17.8 Å². The summed E-state index contributed by atoms with van der Waals surface area (Å²) in [5.41, 5.74) is 0.207. The van der Waals surface area contributed by atoms with Crippen molar-refractivity contribution in [1.82, 2.24) is 14.8 Å². The highest BCUT2D eigenvalue weighted by molar-refractivity contribution is 8.00. The Bertz CT molecular complexity index is 855. The quantitative estimate of drug-likeness (QED) is 0.687.